The number of carbonyl (C=O) groups excluding carboxylic acids is 2. The maximum Gasteiger partial charge on any atom is 0.298 e. The smallest absolute Gasteiger partial charge is 0.298 e. The minimum atomic E-state index is -4.78. The molecule has 3 rings (SSSR count). The van der Waals surface area contributed by atoms with Crippen LogP contribution in [0.15, 0.2) is 56.2 Å². The van der Waals surface area contributed by atoms with Crippen LogP contribution < -0.4 is 20.9 Å². The van der Waals surface area contributed by atoms with Gasteiger partial charge in [0.1, 0.15) is 56.7 Å². The summed E-state index contributed by atoms with van der Waals surface area (Å²) in [6.07, 6.45) is 0. The summed E-state index contributed by atoms with van der Waals surface area (Å²) in [4.78, 5) is 32.7. The van der Waals surface area contributed by atoms with E-state index in [-0.39, 0.29) is 49.2 Å². The van der Waals surface area contributed by atoms with E-state index in [0.717, 1.165) is 24.3 Å². The molecular formula is C22H22Cl2N4O10S2. The summed E-state index contributed by atoms with van der Waals surface area (Å²) in [5.74, 6) is -2.35. The van der Waals surface area contributed by atoms with Crippen molar-refractivity contribution in [1.29, 1.82) is 0 Å². The lowest BCUT2D eigenvalue weighted by Gasteiger charge is -2.22. The lowest BCUT2D eigenvalue weighted by atomic mass is 9.92. The topological polar surface area (TPSA) is 238 Å². The number of hydrogen-bond acceptors (Lipinski definition) is 12. The maximum absolute atomic E-state index is 13.0. The first-order valence-electron chi connectivity index (χ1n) is 11.1. The Hall–Kier alpha value is -2.96. The molecule has 1 aliphatic rings. The molecule has 0 saturated heterocycles. The Kier molecular flexibility index (Phi) is 10.0. The Labute approximate surface area is 238 Å². The largest absolute Gasteiger partial charge is 0.491 e. The van der Waals surface area contributed by atoms with Gasteiger partial charge in [0.2, 0.25) is 11.6 Å². The van der Waals surface area contributed by atoms with Gasteiger partial charge in [-0.3, -0.25) is 18.7 Å². The van der Waals surface area contributed by atoms with Crippen LogP contribution in [0.2, 0.25) is 0 Å². The summed E-state index contributed by atoms with van der Waals surface area (Å²) in [7, 11) is -9.57. The summed E-state index contributed by atoms with van der Waals surface area (Å²) in [5, 5.41) is -3.42. The van der Waals surface area contributed by atoms with Crippen molar-refractivity contribution in [3.63, 3.8) is 0 Å². The normalized spacial score (nSPS) is 20.2. The molecule has 216 valence electrons. The van der Waals surface area contributed by atoms with Crippen LogP contribution in [-0.2, 0) is 29.8 Å². The number of ketones is 2. The Balaban J connectivity index is 2.01. The molecular weight excluding hydrogens is 615 g/mol. The van der Waals surface area contributed by atoms with Crippen LogP contribution >= 0.6 is 23.2 Å². The number of nitrogens with two attached hydrogens (primary N) is 2. The summed E-state index contributed by atoms with van der Waals surface area (Å²) in [5.41, 5.74) is 9.26. The van der Waals surface area contributed by atoms with Gasteiger partial charge in [0.25, 0.3) is 20.2 Å². The molecule has 2 aromatic carbocycles. The molecule has 0 amide bonds. The number of nitrogens with zero attached hydrogens (tertiary/aromatic N) is 2. The summed E-state index contributed by atoms with van der Waals surface area (Å²) in [6.45, 7) is 0.00433. The number of carbonyl (C=O) groups is 2. The molecule has 18 heteroatoms. The molecule has 0 aromatic heterocycles. The van der Waals surface area contributed by atoms with Gasteiger partial charge in [0.05, 0.1) is 11.4 Å². The van der Waals surface area contributed by atoms with E-state index in [0.29, 0.717) is 0 Å². The monoisotopic (exact) mass is 636 g/mol. The molecule has 2 aromatic rings. The zero-order chi connectivity index (χ0) is 29.8. The highest BCUT2D eigenvalue weighted by Crippen LogP contribution is 2.32. The molecule has 1 saturated carbocycles. The molecule has 1 aliphatic carbocycles. The first-order chi connectivity index (χ1) is 18.7. The quantitative estimate of drug-likeness (QED) is 0.211. The molecule has 0 bridgehead atoms. The molecule has 0 heterocycles. The van der Waals surface area contributed by atoms with Crippen LogP contribution in [0.25, 0.3) is 0 Å². The molecule has 40 heavy (non-hydrogen) atoms. The molecule has 0 spiro atoms. The third-order valence-corrected chi connectivity index (χ3v) is 7.67. The van der Waals surface area contributed by atoms with Gasteiger partial charge in [-0.05, 0) is 36.4 Å². The zero-order valence-corrected chi connectivity index (χ0v) is 23.4. The van der Waals surface area contributed by atoms with E-state index in [1.807, 2.05) is 0 Å². The van der Waals surface area contributed by atoms with E-state index in [1.165, 1.54) is 12.1 Å². The number of benzene rings is 2. The highest BCUT2D eigenvalue weighted by atomic mass is 35.5. The number of ether oxygens (including phenoxy) is 2. The van der Waals surface area contributed by atoms with E-state index < -0.39 is 63.8 Å². The number of alkyl halides is 2. The van der Waals surface area contributed by atoms with Crippen molar-refractivity contribution in [2.45, 2.75) is 20.5 Å². The molecule has 1 fully saturated rings. The molecule has 0 radical (unpaired) electrons. The van der Waals surface area contributed by atoms with Gasteiger partial charge in [-0.1, -0.05) is 0 Å². The molecule has 2 atom stereocenters. The van der Waals surface area contributed by atoms with Gasteiger partial charge < -0.3 is 20.9 Å². The van der Waals surface area contributed by atoms with Crippen molar-refractivity contribution in [2.24, 2.45) is 21.5 Å². The van der Waals surface area contributed by atoms with Crippen molar-refractivity contribution in [1.82, 2.24) is 0 Å². The molecule has 6 N–H and O–H groups in total. The second-order valence-electron chi connectivity index (χ2n) is 7.93. The number of aliphatic imine (C=N–C) groups is 2. The van der Waals surface area contributed by atoms with Gasteiger partial charge >= 0.3 is 0 Å². The first-order valence-corrected chi connectivity index (χ1v) is 14.9. The fourth-order valence-corrected chi connectivity index (χ4v) is 5.21. The van der Waals surface area contributed by atoms with Gasteiger partial charge in [0.15, 0.2) is 0 Å². The van der Waals surface area contributed by atoms with E-state index in [2.05, 4.69) is 9.98 Å². The minimum Gasteiger partial charge on any atom is -0.491 e. The average molecular weight is 637 g/mol. The fraction of sp³-hybridized carbons (Fsp3) is 0.273. The minimum absolute atomic E-state index is 0.0572. The maximum atomic E-state index is 13.0. The summed E-state index contributed by atoms with van der Waals surface area (Å²) >= 11 is 12.4. The second-order valence-corrected chi connectivity index (χ2v) is 11.6. The predicted molar refractivity (Wildman–Crippen MR) is 145 cm³/mol. The highest BCUT2D eigenvalue weighted by Gasteiger charge is 2.44. The average Bonchev–Trinajstić information content (AvgIpc) is 2.89. The lowest BCUT2D eigenvalue weighted by molar-refractivity contribution is -0.116. The van der Waals surface area contributed by atoms with Crippen molar-refractivity contribution in [3.05, 3.63) is 36.4 Å². The molecule has 2 unspecified atom stereocenters. The highest BCUT2D eigenvalue weighted by molar-refractivity contribution is 7.86. The van der Waals surface area contributed by atoms with Crippen LogP contribution in [-0.4, -0.2) is 86.0 Å². The molecule has 0 aliphatic heterocycles. The molecule has 14 nitrogen and oxygen atoms in total. The van der Waals surface area contributed by atoms with E-state index >= 15 is 0 Å². The van der Waals surface area contributed by atoms with Gasteiger partial charge in [-0.2, -0.15) is 16.8 Å². The zero-order valence-electron chi connectivity index (χ0n) is 20.2. The fourth-order valence-electron chi connectivity index (χ4n) is 3.37. The number of halogens is 2. The van der Waals surface area contributed by atoms with E-state index in [9.17, 15) is 35.5 Å². The van der Waals surface area contributed by atoms with Gasteiger partial charge in [0, 0.05) is 13.1 Å². The van der Waals surface area contributed by atoms with Crippen molar-refractivity contribution < 1.29 is 45.0 Å². The number of rotatable bonds is 10. The third kappa shape index (κ3) is 7.21. The van der Waals surface area contributed by atoms with Gasteiger partial charge in [-0.25, -0.2) is 9.98 Å². The Morgan fingerprint density at radius 3 is 1.38 bits per heavy atom. The van der Waals surface area contributed by atoms with Gasteiger partial charge in [-0.15, -0.1) is 23.2 Å². The van der Waals surface area contributed by atoms with E-state index in [1.54, 1.807) is 0 Å². The number of Topliss-reactive ketones (excluding diaryl/α,β-unsaturated/α-hetero) is 2. The first kappa shape index (κ1) is 31.6. The van der Waals surface area contributed by atoms with Crippen LogP contribution in [0.1, 0.15) is 0 Å². The predicted octanol–water partition coefficient (Wildman–Crippen LogP) is 1.07. The summed E-state index contributed by atoms with van der Waals surface area (Å²) in [6, 6.07) is 6.60. The second kappa shape index (κ2) is 12.7. The third-order valence-electron chi connectivity index (χ3n) is 5.11. The standard InChI is InChI=1S/C22H22Cl2N4O10S2/c23-17-19(27-11-1-3-13(37-7-5-25)15(9-11)39(31,32)33)21(29)18(24)20(22(17)30)28-12-2-4-14(38-8-6-26)16(10-12)40(34,35)36/h1-4,9-10,17-18H,5-8,25-26H2,(H,31,32,33)(H,34,35,36). The lowest BCUT2D eigenvalue weighted by Crippen LogP contribution is -2.50. The Bertz CT molecular complexity index is 1490. The Morgan fingerprint density at radius 1 is 0.725 bits per heavy atom. The van der Waals surface area contributed by atoms with Crippen molar-refractivity contribution in [2.75, 3.05) is 26.3 Å². The number of hydrogen-bond donors (Lipinski definition) is 4. The van der Waals surface area contributed by atoms with Crippen LogP contribution in [0.4, 0.5) is 11.4 Å². The van der Waals surface area contributed by atoms with Crippen molar-refractivity contribution in [3.8, 4) is 11.5 Å². The summed E-state index contributed by atoms with van der Waals surface area (Å²) < 4.78 is 76.8. The van der Waals surface area contributed by atoms with Crippen LogP contribution in [0, 0.1) is 0 Å². The van der Waals surface area contributed by atoms with Crippen LogP contribution in [0.3, 0.4) is 0 Å². The van der Waals surface area contributed by atoms with Crippen molar-refractivity contribution >= 4 is 77.8 Å². The Morgan fingerprint density at radius 2 is 1.07 bits per heavy atom. The van der Waals surface area contributed by atoms with E-state index in [4.69, 9.17) is 44.1 Å². The van der Waals surface area contributed by atoms with Crippen LogP contribution in [0.5, 0.6) is 11.5 Å². The SMILES string of the molecule is NCCOc1ccc(N=C2C(=O)C(Cl)C(=Nc3ccc(OCCN)c(S(=O)(=O)O)c3)C(=O)C2Cl)cc1S(=O)(=O)O.